The van der Waals surface area contributed by atoms with E-state index in [2.05, 4.69) is 26.2 Å². The summed E-state index contributed by atoms with van der Waals surface area (Å²) in [5, 5.41) is 1.28. The maximum absolute atomic E-state index is 4.97. The molecule has 0 aromatic heterocycles. The topological polar surface area (TPSA) is 9.23 Å². The van der Waals surface area contributed by atoms with Gasteiger partial charge in [0.15, 0.2) is 0 Å². The summed E-state index contributed by atoms with van der Waals surface area (Å²) in [6.45, 7) is 11.5. The second-order valence-electron chi connectivity index (χ2n) is 3.29. The van der Waals surface area contributed by atoms with Gasteiger partial charge in [0.05, 0.1) is 14.7 Å². The molecule has 9 heavy (non-hydrogen) atoms. The predicted octanol–water partition coefficient (Wildman–Crippen LogP) is 2.07. The number of hydrogen-bond donors (Lipinski definition) is 0. The van der Waals surface area contributed by atoms with Gasteiger partial charge in [0, 0.05) is 7.11 Å². The maximum atomic E-state index is 4.97. The lowest BCUT2D eigenvalue weighted by Gasteiger charge is -2.18. The van der Waals surface area contributed by atoms with Gasteiger partial charge in [-0.15, -0.1) is 6.58 Å². The van der Waals surface area contributed by atoms with Gasteiger partial charge in [-0.3, -0.25) is 0 Å². The van der Waals surface area contributed by atoms with Crippen LogP contribution in [0, 0.1) is 0 Å². The summed E-state index contributed by atoms with van der Waals surface area (Å²) >= 11 is 0. The van der Waals surface area contributed by atoms with Gasteiger partial charge in [0.1, 0.15) is 0 Å². The van der Waals surface area contributed by atoms with Crippen molar-refractivity contribution >= 4 is 8.07 Å². The van der Waals surface area contributed by atoms with Crippen LogP contribution >= 0.6 is 0 Å². The van der Waals surface area contributed by atoms with Crippen LogP contribution < -0.4 is 0 Å². The smallest absolute Gasteiger partial charge is 0.0746 e. The molecule has 0 aromatic rings. The number of hydrogen-bond acceptors (Lipinski definition) is 1. The lowest BCUT2D eigenvalue weighted by Crippen LogP contribution is -2.25. The van der Waals surface area contributed by atoms with Gasteiger partial charge in [0.2, 0.25) is 0 Å². The zero-order chi connectivity index (χ0) is 7.49. The Morgan fingerprint density at radius 2 is 1.89 bits per heavy atom. The SMILES string of the molecule is C=C(COC)[Si](C)(C)C. The first kappa shape index (κ1) is 8.92. The summed E-state index contributed by atoms with van der Waals surface area (Å²) in [7, 11) is 0.613. The van der Waals surface area contributed by atoms with E-state index >= 15 is 0 Å². The van der Waals surface area contributed by atoms with Crippen molar-refractivity contribution in [2.24, 2.45) is 0 Å². The van der Waals surface area contributed by atoms with E-state index in [0.29, 0.717) is 0 Å². The van der Waals surface area contributed by atoms with Gasteiger partial charge in [-0.05, 0) is 0 Å². The van der Waals surface area contributed by atoms with Crippen LogP contribution in [0.4, 0.5) is 0 Å². The van der Waals surface area contributed by atoms with E-state index in [-0.39, 0.29) is 0 Å². The largest absolute Gasteiger partial charge is 0.381 e. The molecule has 0 saturated heterocycles. The standard InChI is InChI=1S/C7H16OSi/c1-7(6-8-2)9(3,4)5/h1,6H2,2-5H3. The fraction of sp³-hybridized carbons (Fsp3) is 0.714. The molecule has 0 unspecified atom stereocenters. The van der Waals surface area contributed by atoms with E-state index < -0.39 is 8.07 Å². The summed E-state index contributed by atoms with van der Waals surface area (Å²) in [4.78, 5) is 0. The second-order valence-corrected chi connectivity index (χ2v) is 8.49. The molecule has 0 amide bonds. The molecule has 0 atom stereocenters. The lowest BCUT2D eigenvalue weighted by molar-refractivity contribution is 0.230. The Hall–Kier alpha value is -0.0831. The minimum atomic E-state index is -1.10. The molecule has 0 aliphatic carbocycles. The minimum Gasteiger partial charge on any atom is -0.381 e. The summed E-state index contributed by atoms with van der Waals surface area (Å²) in [6, 6.07) is 0. The molecular weight excluding hydrogens is 128 g/mol. The van der Waals surface area contributed by atoms with E-state index in [1.54, 1.807) is 7.11 Å². The molecule has 0 saturated carbocycles. The van der Waals surface area contributed by atoms with E-state index in [4.69, 9.17) is 4.74 Å². The van der Waals surface area contributed by atoms with E-state index in [1.165, 1.54) is 5.20 Å². The third kappa shape index (κ3) is 3.49. The first-order chi connectivity index (χ1) is 3.98. The van der Waals surface area contributed by atoms with Crippen LogP contribution in [0.3, 0.4) is 0 Å². The molecule has 0 bridgehead atoms. The van der Waals surface area contributed by atoms with Crippen LogP contribution in [0.15, 0.2) is 11.8 Å². The molecule has 0 aliphatic rings. The Kier molecular flexibility index (Phi) is 3.15. The molecule has 54 valence electrons. The monoisotopic (exact) mass is 144 g/mol. The van der Waals surface area contributed by atoms with Gasteiger partial charge in [0.25, 0.3) is 0 Å². The number of ether oxygens (including phenoxy) is 1. The maximum Gasteiger partial charge on any atom is 0.0746 e. The Morgan fingerprint density at radius 1 is 1.44 bits per heavy atom. The summed E-state index contributed by atoms with van der Waals surface area (Å²) < 4.78 is 4.97. The van der Waals surface area contributed by atoms with E-state index in [1.807, 2.05) is 0 Å². The fourth-order valence-corrected chi connectivity index (χ4v) is 0.968. The second kappa shape index (κ2) is 3.18. The average molecular weight is 144 g/mol. The van der Waals surface area contributed by atoms with Crippen LogP contribution in [0.5, 0.6) is 0 Å². The molecule has 0 aromatic carbocycles. The highest BCUT2D eigenvalue weighted by Gasteiger charge is 2.16. The molecule has 0 aliphatic heterocycles. The summed E-state index contributed by atoms with van der Waals surface area (Å²) in [5.74, 6) is 0. The zero-order valence-corrected chi connectivity index (χ0v) is 7.82. The average Bonchev–Trinajstić information content (AvgIpc) is 1.64. The van der Waals surface area contributed by atoms with Gasteiger partial charge in [-0.1, -0.05) is 24.8 Å². The van der Waals surface area contributed by atoms with Crippen LogP contribution in [-0.2, 0) is 4.74 Å². The summed E-state index contributed by atoms with van der Waals surface area (Å²) in [6.07, 6.45) is 0. The third-order valence-corrected chi connectivity index (χ3v) is 3.64. The highest BCUT2D eigenvalue weighted by atomic mass is 28.3. The van der Waals surface area contributed by atoms with Crippen molar-refractivity contribution in [2.45, 2.75) is 19.6 Å². The molecule has 0 fully saturated rings. The van der Waals surface area contributed by atoms with Gasteiger partial charge < -0.3 is 4.74 Å². The molecule has 0 heterocycles. The van der Waals surface area contributed by atoms with Crippen molar-refractivity contribution in [3.8, 4) is 0 Å². The van der Waals surface area contributed by atoms with Gasteiger partial charge >= 0.3 is 0 Å². The van der Waals surface area contributed by atoms with Crippen LogP contribution in [-0.4, -0.2) is 21.8 Å². The zero-order valence-electron chi connectivity index (χ0n) is 6.82. The Morgan fingerprint density at radius 3 is 2.00 bits per heavy atom. The molecule has 2 heteroatoms. The van der Waals surface area contributed by atoms with Gasteiger partial charge in [-0.25, -0.2) is 0 Å². The van der Waals surface area contributed by atoms with Crippen molar-refractivity contribution in [3.05, 3.63) is 11.8 Å². The Labute approximate surface area is 58.7 Å². The molecule has 0 N–H and O–H groups in total. The predicted molar refractivity (Wildman–Crippen MR) is 44.4 cm³/mol. The van der Waals surface area contributed by atoms with Crippen molar-refractivity contribution in [2.75, 3.05) is 13.7 Å². The van der Waals surface area contributed by atoms with Crippen molar-refractivity contribution in [1.29, 1.82) is 0 Å². The highest BCUT2D eigenvalue weighted by molar-refractivity contribution is 6.83. The number of rotatable bonds is 3. The van der Waals surface area contributed by atoms with Crippen molar-refractivity contribution < 1.29 is 4.74 Å². The van der Waals surface area contributed by atoms with Gasteiger partial charge in [-0.2, -0.15) is 0 Å². The van der Waals surface area contributed by atoms with Crippen LogP contribution in [0.2, 0.25) is 19.6 Å². The highest BCUT2D eigenvalue weighted by Crippen LogP contribution is 2.11. The molecule has 1 nitrogen and oxygen atoms in total. The Bertz CT molecular complexity index is 102. The molecular formula is C7H16OSi. The van der Waals surface area contributed by atoms with Crippen molar-refractivity contribution in [1.82, 2.24) is 0 Å². The quantitative estimate of drug-likeness (QED) is 0.551. The van der Waals surface area contributed by atoms with Crippen LogP contribution in [0.25, 0.3) is 0 Å². The summed E-state index contributed by atoms with van der Waals surface area (Å²) in [5.41, 5.74) is 0. The van der Waals surface area contributed by atoms with E-state index in [0.717, 1.165) is 6.61 Å². The fourth-order valence-electron chi connectivity index (χ4n) is 0.391. The third-order valence-electron chi connectivity index (χ3n) is 1.38. The lowest BCUT2D eigenvalue weighted by atomic mass is 10.7. The molecule has 0 rings (SSSR count). The first-order valence-corrected chi connectivity index (χ1v) is 6.65. The molecule has 0 spiro atoms. The first-order valence-electron chi connectivity index (χ1n) is 3.15. The minimum absolute atomic E-state index is 0.732. The van der Waals surface area contributed by atoms with E-state index in [9.17, 15) is 0 Å². The molecule has 0 radical (unpaired) electrons. The Balaban J connectivity index is 3.74. The van der Waals surface area contributed by atoms with Crippen LogP contribution in [0.1, 0.15) is 0 Å². The normalized spacial score (nSPS) is 11.6. The van der Waals surface area contributed by atoms with Crippen molar-refractivity contribution in [3.63, 3.8) is 0 Å². The number of methoxy groups -OCH3 is 1.